The molecule has 0 spiro atoms. The van der Waals surface area contributed by atoms with Crippen LogP contribution in [0.3, 0.4) is 0 Å². The van der Waals surface area contributed by atoms with Gasteiger partial charge in [0.1, 0.15) is 18.0 Å². The number of aromatic nitrogens is 2. The third-order valence-electron chi connectivity index (χ3n) is 5.89. The Kier molecular flexibility index (Phi) is 5.82. The van der Waals surface area contributed by atoms with Crippen molar-refractivity contribution < 1.29 is 14.3 Å². The minimum Gasteiger partial charge on any atom is -0.486 e. The highest BCUT2D eigenvalue weighted by atomic mass is 32.2. The van der Waals surface area contributed by atoms with E-state index < -0.39 is 0 Å². The molecule has 0 radical (unpaired) electrons. The van der Waals surface area contributed by atoms with Gasteiger partial charge in [-0.25, -0.2) is 4.98 Å². The van der Waals surface area contributed by atoms with Crippen molar-refractivity contribution in [2.45, 2.75) is 37.9 Å². The summed E-state index contributed by atoms with van der Waals surface area (Å²) in [6, 6.07) is 5.24. The zero-order chi connectivity index (χ0) is 22.2. The molecule has 2 aromatic heterocycles. The van der Waals surface area contributed by atoms with Crippen molar-refractivity contribution in [2.75, 3.05) is 19.0 Å². The van der Waals surface area contributed by atoms with Crippen LogP contribution in [-0.4, -0.2) is 34.3 Å². The average Bonchev–Trinajstić information content (AvgIpc) is 3.16. The minimum atomic E-state index is -0.0502. The Balaban J connectivity index is 1.44. The molecule has 0 unspecified atom stereocenters. The summed E-state index contributed by atoms with van der Waals surface area (Å²) in [7, 11) is 0. The molecule has 0 amide bonds. The highest BCUT2D eigenvalue weighted by Gasteiger charge is 2.25. The van der Waals surface area contributed by atoms with Gasteiger partial charge in [-0.1, -0.05) is 24.8 Å². The van der Waals surface area contributed by atoms with Gasteiger partial charge in [-0.2, -0.15) is 0 Å². The van der Waals surface area contributed by atoms with Gasteiger partial charge >= 0.3 is 0 Å². The van der Waals surface area contributed by atoms with Gasteiger partial charge in [0.25, 0.3) is 5.56 Å². The molecule has 3 heterocycles. The second-order valence-electron chi connectivity index (χ2n) is 8.20. The second kappa shape index (κ2) is 8.75. The Morgan fingerprint density at radius 2 is 2.16 bits per heavy atom. The summed E-state index contributed by atoms with van der Waals surface area (Å²) in [6.45, 7) is 7.40. The number of hydrogen-bond acceptors (Lipinski definition) is 7. The molecular weight excluding hydrogens is 444 g/mol. The van der Waals surface area contributed by atoms with E-state index in [9.17, 15) is 9.59 Å². The van der Waals surface area contributed by atoms with Gasteiger partial charge in [-0.3, -0.25) is 14.2 Å². The van der Waals surface area contributed by atoms with E-state index in [4.69, 9.17) is 14.5 Å². The summed E-state index contributed by atoms with van der Waals surface area (Å²) in [6.07, 6.45) is 4.72. The maximum Gasteiger partial charge on any atom is 0.263 e. The molecule has 3 aromatic rings. The maximum absolute atomic E-state index is 13.4. The number of thiophene rings is 1. The van der Waals surface area contributed by atoms with Gasteiger partial charge in [0.15, 0.2) is 22.4 Å². The van der Waals surface area contributed by atoms with Crippen molar-refractivity contribution in [3.63, 3.8) is 0 Å². The summed E-state index contributed by atoms with van der Waals surface area (Å²) >= 11 is 2.92. The number of hydrogen-bond donors (Lipinski definition) is 0. The van der Waals surface area contributed by atoms with Crippen molar-refractivity contribution >= 4 is 39.1 Å². The van der Waals surface area contributed by atoms with Crippen molar-refractivity contribution in [2.24, 2.45) is 5.92 Å². The third kappa shape index (κ3) is 3.86. The fourth-order valence-corrected chi connectivity index (χ4v) is 6.56. The number of benzene rings is 1. The molecule has 0 bridgehead atoms. The number of rotatable bonds is 6. The van der Waals surface area contributed by atoms with Crippen LogP contribution >= 0.6 is 23.1 Å². The molecule has 6 nitrogen and oxygen atoms in total. The van der Waals surface area contributed by atoms with E-state index in [0.717, 1.165) is 29.5 Å². The van der Waals surface area contributed by atoms with Crippen molar-refractivity contribution in [1.29, 1.82) is 0 Å². The van der Waals surface area contributed by atoms with E-state index in [1.165, 1.54) is 22.2 Å². The van der Waals surface area contributed by atoms with Crippen molar-refractivity contribution in [3.8, 4) is 11.5 Å². The summed E-state index contributed by atoms with van der Waals surface area (Å²) in [5, 5.41) is 1.31. The van der Waals surface area contributed by atoms with Crippen LogP contribution in [0.5, 0.6) is 11.5 Å². The van der Waals surface area contributed by atoms with E-state index in [1.54, 1.807) is 40.2 Å². The summed E-state index contributed by atoms with van der Waals surface area (Å²) in [5.41, 5.74) is 1.69. The van der Waals surface area contributed by atoms with Gasteiger partial charge in [0.05, 0.1) is 11.1 Å². The number of nitrogens with zero attached hydrogens (tertiary/aromatic N) is 2. The predicted molar refractivity (Wildman–Crippen MR) is 128 cm³/mol. The Bertz CT molecular complexity index is 1280. The van der Waals surface area contributed by atoms with Gasteiger partial charge < -0.3 is 9.47 Å². The summed E-state index contributed by atoms with van der Waals surface area (Å²) < 4.78 is 12.8. The Morgan fingerprint density at radius 1 is 1.34 bits per heavy atom. The monoisotopic (exact) mass is 468 g/mol. The van der Waals surface area contributed by atoms with Crippen LogP contribution in [0.2, 0.25) is 0 Å². The van der Waals surface area contributed by atoms with E-state index in [1.807, 2.05) is 0 Å². The second-order valence-corrected chi connectivity index (χ2v) is 10.2. The lowest BCUT2D eigenvalue weighted by Crippen LogP contribution is -2.24. The summed E-state index contributed by atoms with van der Waals surface area (Å²) in [4.78, 5) is 33.1. The van der Waals surface area contributed by atoms with E-state index in [2.05, 4.69) is 13.5 Å². The lowest BCUT2D eigenvalue weighted by Gasteiger charge is -2.18. The van der Waals surface area contributed by atoms with Crippen LogP contribution in [0.15, 0.2) is 40.8 Å². The predicted octanol–water partition coefficient (Wildman–Crippen LogP) is 4.52. The molecule has 1 atom stereocenters. The number of carbonyl (C=O) groups excluding carboxylic acids is 1. The molecule has 1 aliphatic carbocycles. The lowest BCUT2D eigenvalue weighted by molar-refractivity contribution is 0.102. The molecule has 2 aliphatic rings. The van der Waals surface area contributed by atoms with E-state index in [0.29, 0.717) is 47.9 Å². The molecule has 0 fully saturated rings. The number of thioether (sulfide) groups is 1. The van der Waals surface area contributed by atoms with Crippen molar-refractivity contribution in [1.82, 2.24) is 9.55 Å². The summed E-state index contributed by atoms with van der Waals surface area (Å²) in [5.74, 6) is 2.00. The molecule has 32 heavy (non-hydrogen) atoms. The zero-order valence-electron chi connectivity index (χ0n) is 17.9. The van der Waals surface area contributed by atoms with Crippen molar-refractivity contribution in [3.05, 3.63) is 57.2 Å². The van der Waals surface area contributed by atoms with Crippen LogP contribution < -0.4 is 15.0 Å². The SMILES string of the molecule is C=CCn1c(SCC(=O)c2ccc3c(c2)OCCO3)nc2sc3c(c2c1=O)CC[C@@H](C)C3. The molecule has 0 saturated carbocycles. The van der Waals surface area contributed by atoms with Gasteiger partial charge in [-0.05, 0) is 48.9 Å². The minimum absolute atomic E-state index is 0.0313. The third-order valence-corrected chi connectivity index (χ3v) is 8.01. The van der Waals surface area contributed by atoms with Gasteiger partial charge in [0.2, 0.25) is 0 Å². The number of carbonyl (C=O) groups is 1. The number of ether oxygens (including phenoxy) is 2. The molecule has 166 valence electrons. The van der Waals surface area contributed by atoms with Gasteiger partial charge in [0, 0.05) is 17.0 Å². The molecule has 0 saturated heterocycles. The van der Waals surface area contributed by atoms with Crippen LogP contribution in [0.25, 0.3) is 10.2 Å². The zero-order valence-corrected chi connectivity index (χ0v) is 19.5. The smallest absolute Gasteiger partial charge is 0.263 e. The Hall–Kier alpha value is -2.58. The van der Waals surface area contributed by atoms with Crippen LogP contribution in [0.1, 0.15) is 34.1 Å². The Morgan fingerprint density at radius 3 is 2.97 bits per heavy atom. The molecule has 0 N–H and O–H groups in total. The van der Waals surface area contributed by atoms with E-state index >= 15 is 0 Å². The van der Waals surface area contributed by atoms with Crippen LogP contribution in [0.4, 0.5) is 0 Å². The number of Topliss-reactive ketones (excluding diaryl/α,β-unsaturated/α-hetero) is 1. The van der Waals surface area contributed by atoms with E-state index in [-0.39, 0.29) is 17.1 Å². The normalized spacial score (nSPS) is 17.2. The Labute approximate surface area is 194 Å². The number of aryl methyl sites for hydroxylation is 1. The first kappa shape index (κ1) is 21.3. The molecule has 1 aromatic carbocycles. The number of fused-ring (bicyclic) bond motifs is 4. The topological polar surface area (TPSA) is 70.4 Å². The highest BCUT2D eigenvalue weighted by molar-refractivity contribution is 7.99. The lowest BCUT2D eigenvalue weighted by atomic mass is 9.89. The first-order valence-electron chi connectivity index (χ1n) is 10.8. The molecular formula is C24H24N2O4S2. The molecule has 8 heteroatoms. The number of ketones is 1. The first-order valence-corrected chi connectivity index (χ1v) is 12.6. The fraction of sp³-hybridized carbons (Fsp3) is 0.375. The standard InChI is InChI=1S/C24H24N2O4S2/c1-3-8-26-23(28)21-16-6-4-14(2)11-20(16)32-22(21)25-24(26)31-13-17(27)15-5-7-18-19(12-15)30-10-9-29-18/h3,5,7,12,14H,1,4,6,8-11,13H2,2H3/t14-/m1/s1. The highest BCUT2D eigenvalue weighted by Crippen LogP contribution is 2.37. The average molecular weight is 469 g/mol. The quantitative estimate of drug-likeness (QED) is 0.229. The van der Waals surface area contributed by atoms with Gasteiger partial charge in [-0.15, -0.1) is 17.9 Å². The first-order chi connectivity index (χ1) is 15.5. The largest absolute Gasteiger partial charge is 0.486 e. The molecule has 1 aliphatic heterocycles. The van der Waals surface area contributed by atoms with Crippen LogP contribution in [0, 0.1) is 5.92 Å². The molecule has 5 rings (SSSR count). The fourth-order valence-electron chi connectivity index (χ4n) is 4.24. The number of allylic oxidation sites excluding steroid dienone is 1. The van der Waals surface area contributed by atoms with Crippen LogP contribution in [-0.2, 0) is 19.4 Å². The maximum atomic E-state index is 13.4.